The van der Waals surface area contributed by atoms with Crippen LogP contribution in [0, 0.1) is 0 Å². The van der Waals surface area contributed by atoms with E-state index in [0.717, 1.165) is 6.42 Å². The maximum absolute atomic E-state index is 11.2. The summed E-state index contributed by atoms with van der Waals surface area (Å²) in [5.74, 6) is 0.231. The zero-order valence-electron chi connectivity index (χ0n) is 10.9. The number of carbonyl (C=O) groups excluding carboxylic acids is 1. The molecule has 0 saturated heterocycles. The summed E-state index contributed by atoms with van der Waals surface area (Å²) in [5, 5.41) is 3.39. The van der Waals surface area contributed by atoms with Gasteiger partial charge >= 0.3 is 0 Å². The van der Waals surface area contributed by atoms with Crippen LogP contribution in [0.3, 0.4) is 0 Å². The summed E-state index contributed by atoms with van der Waals surface area (Å²) < 4.78 is 0. The highest BCUT2D eigenvalue weighted by atomic mass is 16.1. The van der Waals surface area contributed by atoms with Crippen molar-refractivity contribution in [2.45, 2.75) is 50.6 Å². The van der Waals surface area contributed by atoms with Crippen molar-refractivity contribution in [1.29, 1.82) is 0 Å². The Labute approximate surface area is 109 Å². The lowest BCUT2D eigenvalue weighted by Gasteiger charge is -2.34. The minimum atomic E-state index is -0.271. The predicted octanol–water partition coefficient (Wildman–Crippen LogP) is 2.18. The Morgan fingerprint density at radius 2 is 1.94 bits per heavy atom. The molecule has 0 heterocycles. The quantitative estimate of drug-likeness (QED) is 0.855. The maximum Gasteiger partial charge on any atom is 0.234 e. The summed E-state index contributed by atoms with van der Waals surface area (Å²) >= 11 is 0. The molecule has 0 spiro atoms. The molecule has 1 aliphatic rings. The highest BCUT2D eigenvalue weighted by molar-refractivity contribution is 5.79. The number of rotatable bonds is 4. The van der Waals surface area contributed by atoms with E-state index < -0.39 is 0 Å². The van der Waals surface area contributed by atoms with Crippen molar-refractivity contribution in [2.75, 3.05) is 0 Å². The summed E-state index contributed by atoms with van der Waals surface area (Å²) in [7, 11) is 0. The van der Waals surface area contributed by atoms with Gasteiger partial charge in [0, 0.05) is 6.04 Å². The van der Waals surface area contributed by atoms with Crippen molar-refractivity contribution in [3.05, 3.63) is 35.9 Å². The van der Waals surface area contributed by atoms with E-state index in [2.05, 4.69) is 29.6 Å². The van der Waals surface area contributed by atoms with Gasteiger partial charge in [-0.2, -0.15) is 0 Å². The molecule has 0 radical (unpaired) electrons. The van der Waals surface area contributed by atoms with Gasteiger partial charge in [0.2, 0.25) is 5.91 Å². The zero-order valence-corrected chi connectivity index (χ0v) is 10.9. The second-order valence-corrected chi connectivity index (χ2v) is 5.20. The van der Waals surface area contributed by atoms with Crippen LogP contribution in [0.2, 0.25) is 0 Å². The molecule has 1 aromatic rings. The second kappa shape index (κ2) is 6.01. The smallest absolute Gasteiger partial charge is 0.234 e. The van der Waals surface area contributed by atoms with Gasteiger partial charge in [-0.3, -0.25) is 4.79 Å². The average Bonchev–Trinajstić information content (AvgIpc) is 2.40. The standard InChI is InChI=1S/C15H22N2O/c1-11(15(16)18)17-14-10-6-5-9-13(14)12-7-3-2-4-8-12/h2-4,7-8,11,13-14,17H,5-6,9-10H2,1H3,(H2,16,18). The molecule has 3 heteroatoms. The van der Waals surface area contributed by atoms with Gasteiger partial charge in [0.15, 0.2) is 0 Å². The van der Waals surface area contributed by atoms with Gasteiger partial charge in [-0.05, 0) is 31.2 Å². The Morgan fingerprint density at radius 1 is 1.28 bits per heavy atom. The number of carbonyl (C=O) groups is 1. The van der Waals surface area contributed by atoms with Crippen LogP contribution >= 0.6 is 0 Å². The van der Waals surface area contributed by atoms with Crippen molar-refractivity contribution in [3.8, 4) is 0 Å². The number of hydrogen-bond donors (Lipinski definition) is 2. The Bertz CT molecular complexity index is 391. The molecule has 1 aliphatic carbocycles. The molecule has 3 N–H and O–H groups in total. The SMILES string of the molecule is CC(NC1CCCCC1c1ccccc1)C(N)=O. The van der Waals surface area contributed by atoms with Crippen LogP contribution < -0.4 is 11.1 Å². The van der Waals surface area contributed by atoms with Crippen LogP contribution in [-0.2, 0) is 4.79 Å². The third kappa shape index (κ3) is 3.10. The molecule has 0 aliphatic heterocycles. The van der Waals surface area contributed by atoms with Gasteiger partial charge in [0.25, 0.3) is 0 Å². The van der Waals surface area contributed by atoms with Crippen LogP contribution in [0.15, 0.2) is 30.3 Å². The minimum Gasteiger partial charge on any atom is -0.368 e. The zero-order chi connectivity index (χ0) is 13.0. The summed E-state index contributed by atoms with van der Waals surface area (Å²) in [6.07, 6.45) is 4.81. The molecule has 98 valence electrons. The van der Waals surface area contributed by atoms with Crippen LogP contribution in [-0.4, -0.2) is 18.0 Å². The van der Waals surface area contributed by atoms with Crippen LogP contribution in [0.25, 0.3) is 0 Å². The Balaban J connectivity index is 2.09. The molecule has 18 heavy (non-hydrogen) atoms. The van der Waals surface area contributed by atoms with Crippen molar-refractivity contribution in [3.63, 3.8) is 0 Å². The summed E-state index contributed by atoms with van der Waals surface area (Å²) in [5.41, 5.74) is 6.70. The van der Waals surface area contributed by atoms with Gasteiger partial charge in [-0.1, -0.05) is 43.2 Å². The highest BCUT2D eigenvalue weighted by Gasteiger charge is 2.28. The lowest BCUT2D eigenvalue weighted by molar-refractivity contribution is -0.119. The fourth-order valence-corrected chi connectivity index (χ4v) is 2.83. The lowest BCUT2D eigenvalue weighted by atomic mass is 9.79. The molecule has 2 rings (SSSR count). The molecule has 3 nitrogen and oxygen atoms in total. The van der Waals surface area contributed by atoms with Gasteiger partial charge in [-0.25, -0.2) is 0 Å². The Morgan fingerprint density at radius 3 is 2.61 bits per heavy atom. The van der Waals surface area contributed by atoms with E-state index in [1.165, 1.54) is 24.8 Å². The van der Waals surface area contributed by atoms with E-state index in [4.69, 9.17) is 5.73 Å². The number of nitrogens with two attached hydrogens (primary N) is 1. The minimum absolute atomic E-state index is 0.251. The van der Waals surface area contributed by atoms with Crippen molar-refractivity contribution in [1.82, 2.24) is 5.32 Å². The molecule has 1 fully saturated rings. The first-order valence-corrected chi connectivity index (χ1v) is 6.79. The molecular formula is C15H22N2O. The molecule has 1 aromatic carbocycles. The van der Waals surface area contributed by atoms with Crippen molar-refractivity contribution in [2.24, 2.45) is 5.73 Å². The van der Waals surface area contributed by atoms with E-state index in [9.17, 15) is 4.79 Å². The molecule has 1 amide bonds. The second-order valence-electron chi connectivity index (χ2n) is 5.20. The fourth-order valence-electron chi connectivity index (χ4n) is 2.83. The summed E-state index contributed by atoms with van der Waals surface area (Å²) in [4.78, 5) is 11.2. The number of primary amides is 1. The third-order valence-electron chi connectivity index (χ3n) is 3.88. The molecule has 3 unspecified atom stereocenters. The van der Waals surface area contributed by atoms with Crippen molar-refractivity contribution < 1.29 is 4.79 Å². The summed E-state index contributed by atoms with van der Waals surface area (Å²) in [6, 6.07) is 10.7. The largest absolute Gasteiger partial charge is 0.368 e. The van der Waals surface area contributed by atoms with E-state index in [1.807, 2.05) is 13.0 Å². The first kappa shape index (κ1) is 13.1. The van der Waals surface area contributed by atoms with Crippen LogP contribution in [0.1, 0.15) is 44.1 Å². The number of benzene rings is 1. The van der Waals surface area contributed by atoms with Crippen molar-refractivity contribution >= 4 is 5.91 Å². The first-order chi connectivity index (χ1) is 8.68. The lowest BCUT2D eigenvalue weighted by Crippen LogP contribution is -2.47. The Hall–Kier alpha value is -1.35. The monoisotopic (exact) mass is 246 g/mol. The van der Waals surface area contributed by atoms with E-state index >= 15 is 0 Å². The van der Waals surface area contributed by atoms with Crippen LogP contribution in [0.5, 0.6) is 0 Å². The molecular weight excluding hydrogens is 224 g/mol. The predicted molar refractivity (Wildman–Crippen MR) is 73.2 cm³/mol. The normalized spacial score (nSPS) is 25.6. The number of nitrogens with one attached hydrogen (secondary N) is 1. The van der Waals surface area contributed by atoms with Gasteiger partial charge in [0.05, 0.1) is 6.04 Å². The van der Waals surface area contributed by atoms with Crippen LogP contribution in [0.4, 0.5) is 0 Å². The number of amides is 1. The topological polar surface area (TPSA) is 55.1 Å². The average molecular weight is 246 g/mol. The van der Waals surface area contributed by atoms with E-state index in [0.29, 0.717) is 12.0 Å². The highest BCUT2D eigenvalue weighted by Crippen LogP contribution is 2.33. The first-order valence-electron chi connectivity index (χ1n) is 6.79. The summed E-state index contributed by atoms with van der Waals surface area (Å²) in [6.45, 7) is 1.85. The molecule has 0 bridgehead atoms. The third-order valence-corrected chi connectivity index (χ3v) is 3.88. The fraction of sp³-hybridized carbons (Fsp3) is 0.533. The van der Waals surface area contributed by atoms with Gasteiger partial charge in [0.1, 0.15) is 0 Å². The van der Waals surface area contributed by atoms with Gasteiger partial charge in [-0.15, -0.1) is 0 Å². The molecule has 1 saturated carbocycles. The molecule has 0 aromatic heterocycles. The molecule has 3 atom stereocenters. The Kier molecular flexibility index (Phi) is 4.37. The van der Waals surface area contributed by atoms with E-state index in [1.54, 1.807) is 0 Å². The number of hydrogen-bond acceptors (Lipinski definition) is 2. The van der Waals surface area contributed by atoms with Gasteiger partial charge < -0.3 is 11.1 Å². The van der Waals surface area contributed by atoms with E-state index in [-0.39, 0.29) is 11.9 Å². The maximum atomic E-state index is 11.2.